The summed E-state index contributed by atoms with van der Waals surface area (Å²) in [5.41, 5.74) is 2.20. The van der Waals surface area contributed by atoms with Crippen molar-refractivity contribution < 1.29 is 4.74 Å². The van der Waals surface area contributed by atoms with Crippen molar-refractivity contribution >= 4 is 10.9 Å². The van der Waals surface area contributed by atoms with Crippen LogP contribution in [0.1, 0.15) is 12.1 Å². The second-order valence-corrected chi connectivity index (χ2v) is 4.62. The quantitative estimate of drug-likeness (QED) is 0.853. The van der Waals surface area contributed by atoms with E-state index in [0.717, 1.165) is 36.5 Å². The Labute approximate surface area is 101 Å². The van der Waals surface area contributed by atoms with E-state index in [9.17, 15) is 0 Å². The molecule has 0 spiro atoms. The molecule has 1 aromatic heterocycles. The molecular formula is C13H17N3O. The van der Waals surface area contributed by atoms with E-state index in [-0.39, 0.29) is 0 Å². The number of aromatic nitrogens is 2. The molecule has 2 aromatic rings. The van der Waals surface area contributed by atoms with Gasteiger partial charge >= 0.3 is 0 Å². The van der Waals surface area contributed by atoms with Crippen LogP contribution < -0.4 is 10.1 Å². The number of benzene rings is 1. The molecule has 1 aliphatic heterocycles. The van der Waals surface area contributed by atoms with Gasteiger partial charge in [-0.3, -0.25) is 4.68 Å². The van der Waals surface area contributed by atoms with Gasteiger partial charge in [0.15, 0.2) is 0 Å². The summed E-state index contributed by atoms with van der Waals surface area (Å²) in [5, 5.41) is 8.91. The highest BCUT2D eigenvalue weighted by Gasteiger charge is 2.16. The molecule has 1 aromatic carbocycles. The van der Waals surface area contributed by atoms with Gasteiger partial charge in [-0.25, -0.2) is 0 Å². The number of fused-ring (bicyclic) bond motifs is 1. The van der Waals surface area contributed by atoms with Gasteiger partial charge in [-0.15, -0.1) is 0 Å². The first-order chi connectivity index (χ1) is 8.24. The molecule has 17 heavy (non-hydrogen) atoms. The average Bonchev–Trinajstić information content (AvgIpc) is 2.89. The lowest BCUT2D eigenvalue weighted by Gasteiger charge is -2.12. The minimum absolute atomic E-state index is 0.307. The molecule has 0 aliphatic carbocycles. The van der Waals surface area contributed by atoms with Crippen LogP contribution in [0, 0.1) is 6.92 Å². The first kappa shape index (κ1) is 10.6. The van der Waals surface area contributed by atoms with Crippen LogP contribution in [-0.4, -0.2) is 29.0 Å². The lowest BCUT2D eigenvalue weighted by Crippen LogP contribution is -2.19. The minimum atomic E-state index is 0.307. The third kappa shape index (κ3) is 1.89. The zero-order valence-electron chi connectivity index (χ0n) is 10.2. The van der Waals surface area contributed by atoms with Crippen LogP contribution in [0.4, 0.5) is 0 Å². The van der Waals surface area contributed by atoms with Crippen molar-refractivity contribution in [2.24, 2.45) is 7.05 Å². The number of nitrogens with one attached hydrogen (secondary N) is 1. The highest BCUT2D eigenvalue weighted by Crippen LogP contribution is 2.24. The van der Waals surface area contributed by atoms with Gasteiger partial charge in [0.1, 0.15) is 11.9 Å². The lowest BCUT2D eigenvalue weighted by molar-refractivity contribution is 0.223. The fourth-order valence-corrected chi connectivity index (χ4v) is 2.41. The summed E-state index contributed by atoms with van der Waals surface area (Å²) >= 11 is 0. The van der Waals surface area contributed by atoms with Gasteiger partial charge in [0.25, 0.3) is 0 Å². The van der Waals surface area contributed by atoms with Crippen LogP contribution in [-0.2, 0) is 7.05 Å². The Kier molecular flexibility index (Phi) is 2.52. The van der Waals surface area contributed by atoms with E-state index in [0.29, 0.717) is 6.10 Å². The summed E-state index contributed by atoms with van der Waals surface area (Å²) in [6.45, 7) is 4.03. The number of hydrogen-bond acceptors (Lipinski definition) is 3. The van der Waals surface area contributed by atoms with Gasteiger partial charge in [0.05, 0.1) is 11.2 Å². The Balaban J connectivity index is 1.92. The summed E-state index contributed by atoms with van der Waals surface area (Å²) < 4.78 is 7.85. The summed E-state index contributed by atoms with van der Waals surface area (Å²) in [6, 6.07) is 6.21. The first-order valence-electron chi connectivity index (χ1n) is 6.05. The van der Waals surface area contributed by atoms with Crippen molar-refractivity contribution in [2.75, 3.05) is 13.1 Å². The van der Waals surface area contributed by atoms with Crippen molar-refractivity contribution in [1.29, 1.82) is 0 Å². The Morgan fingerprint density at radius 2 is 2.35 bits per heavy atom. The van der Waals surface area contributed by atoms with Crippen molar-refractivity contribution in [3.05, 3.63) is 23.9 Å². The standard InChI is InChI=1S/C13H17N3O/c1-9-12-4-3-10(7-13(12)16(2)15-9)17-11-5-6-14-8-11/h3-4,7,11,14H,5-6,8H2,1-2H3. The van der Waals surface area contributed by atoms with Crippen molar-refractivity contribution in [2.45, 2.75) is 19.4 Å². The molecule has 0 amide bonds. The Hall–Kier alpha value is -1.55. The summed E-state index contributed by atoms with van der Waals surface area (Å²) in [6.07, 6.45) is 1.39. The van der Waals surface area contributed by atoms with Gasteiger partial charge in [0.2, 0.25) is 0 Å². The van der Waals surface area contributed by atoms with E-state index >= 15 is 0 Å². The average molecular weight is 231 g/mol. The molecule has 4 heteroatoms. The van der Waals surface area contributed by atoms with Gasteiger partial charge in [-0.2, -0.15) is 5.10 Å². The Morgan fingerprint density at radius 3 is 3.12 bits per heavy atom. The fourth-order valence-electron chi connectivity index (χ4n) is 2.41. The molecule has 2 heterocycles. The van der Waals surface area contributed by atoms with Crippen molar-refractivity contribution in [1.82, 2.24) is 15.1 Å². The van der Waals surface area contributed by atoms with Crippen LogP contribution in [0.15, 0.2) is 18.2 Å². The molecule has 1 aliphatic rings. The number of hydrogen-bond donors (Lipinski definition) is 1. The largest absolute Gasteiger partial charge is 0.489 e. The molecule has 1 fully saturated rings. The van der Waals surface area contributed by atoms with E-state index in [4.69, 9.17) is 4.74 Å². The molecular weight excluding hydrogens is 214 g/mol. The molecule has 0 saturated carbocycles. The highest BCUT2D eigenvalue weighted by molar-refractivity contribution is 5.83. The molecule has 3 rings (SSSR count). The fraction of sp³-hybridized carbons (Fsp3) is 0.462. The molecule has 4 nitrogen and oxygen atoms in total. The summed E-state index contributed by atoms with van der Waals surface area (Å²) in [7, 11) is 1.97. The third-order valence-electron chi connectivity index (χ3n) is 3.33. The lowest BCUT2D eigenvalue weighted by atomic mass is 10.2. The van der Waals surface area contributed by atoms with Gasteiger partial charge in [-0.1, -0.05) is 0 Å². The minimum Gasteiger partial charge on any atom is -0.489 e. The molecule has 90 valence electrons. The number of ether oxygens (including phenoxy) is 1. The molecule has 1 atom stereocenters. The summed E-state index contributed by atoms with van der Waals surface area (Å²) in [4.78, 5) is 0. The molecule has 0 bridgehead atoms. The van der Waals surface area contributed by atoms with Gasteiger partial charge < -0.3 is 10.1 Å². The maximum absolute atomic E-state index is 5.94. The smallest absolute Gasteiger partial charge is 0.121 e. The van der Waals surface area contributed by atoms with Crippen LogP contribution in [0.3, 0.4) is 0 Å². The normalized spacial score (nSPS) is 20.0. The van der Waals surface area contributed by atoms with Crippen LogP contribution in [0.25, 0.3) is 10.9 Å². The van der Waals surface area contributed by atoms with E-state index in [1.807, 2.05) is 24.7 Å². The van der Waals surface area contributed by atoms with Crippen molar-refractivity contribution in [3.63, 3.8) is 0 Å². The molecule has 0 radical (unpaired) electrons. The zero-order chi connectivity index (χ0) is 11.8. The molecule has 1 saturated heterocycles. The SMILES string of the molecule is Cc1nn(C)c2cc(OC3CCNC3)ccc12. The highest BCUT2D eigenvalue weighted by atomic mass is 16.5. The van der Waals surface area contributed by atoms with E-state index < -0.39 is 0 Å². The predicted molar refractivity (Wildman–Crippen MR) is 67.4 cm³/mol. The predicted octanol–water partition coefficient (Wildman–Crippen LogP) is 1.62. The first-order valence-corrected chi connectivity index (χ1v) is 6.05. The maximum Gasteiger partial charge on any atom is 0.121 e. The van der Waals surface area contributed by atoms with E-state index in [1.54, 1.807) is 0 Å². The van der Waals surface area contributed by atoms with Gasteiger partial charge in [-0.05, 0) is 32.0 Å². The Bertz CT molecular complexity index is 541. The van der Waals surface area contributed by atoms with Crippen molar-refractivity contribution in [3.8, 4) is 5.75 Å². The number of rotatable bonds is 2. The van der Waals surface area contributed by atoms with Crippen LogP contribution in [0.5, 0.6) is 5.75 Å². The second-order valence-electron chi connectivity index (χ2n) is 4.62. The molecule has 1 N–H and O–H groups in total. The number of nitrogens with zero attached hydrogens (tertiary/aromatic N) is 2. The summed E-state index contributed by atoms with van der Waals surface area (Å²) in [5.74, 6) is 0.939. The van der Waals surface area contributed by atoms with Crippen LogP contribution in [0.2, 0.25) is 0 Å². The van der Waals surface area contributed by atoms with Gasteiger partial charge in [0, 0.05) is 25.0 Å². The second kappa shape index (κ2) is 4.04. The number of aryl methyl sites for hydroxylation is 2. The molecule has 1 unspecified atom stereocenters. The topological polar surface area (TPSA) is 39.1 Å². The van der Waals surface area contributed by atoms with Crippen LogP contribution >= 0.6 is 0 Å². The third-order valence-corrected chi connectivity index (χ3v) is 3.33. The maximum atomic E-state index is 5.94. The Morgan fingerprint density at radius 1 is 1.47 bits per heavy atom. The van der Waals surface area contributed by atoms with E-state index in [2.05, 4.69) is 22.5 Å². The monoisotopic (exact) mass is 231 g/mol. The van der Waals surface area contributed by atoms with E-state index in [1.165, 1.54) is 5.39 Å². The zero-order valence-corrected chi connectivity index (χ0v) is 10.2.